The van der Waals surface area contributed by atoms with Gasteiger partial charge in [-0.2, -0.15) is 0 Å². The van der Waals surface area contributed by atoms with Crippen molar-refractivity contribution in [2.75, 3.05) is 13.1 Å². The van der Waals surface area contributed by atoms with Gasteiger partial charge in [-0.25, -0.2) is 0 Å². The molecule has 0 aromatic heterocycles. The van der Waals surface area contributed by atoms with Crippen LogP contribution in [-0.2, 0) is 6.54 Å². The van der Waals surface area contributed by atoms with E-state index in [-0.39, 0.29) is 11.6 Å². The van der Waals surface area contributed by atoms with Gasteiger partial charge in [0.05, 0.1) is 10.6 Å². The number of piperidine rings is 1. The van der Waals surface area contributed by atoms with Gasteiger partial charge in [0.2, 0.25) is 0 Å². The predicted octanol–water partition coefficient (Wildman–Crippen LogP) is 2.92. The lowest BCUT2D eigenvalue weighted by Crippen LogP contribution is -2.39. The van der Waals surface area contributed by atoms with Crippen molar-refractivity contribution in [3.63, 3.8) is 0 Å². The zero-order chi connectivity index (χ0) is 14.7. The van der Waals surface area contributed by atoms with Gasteiger partial charge in [0.15, 0.2) is 0 Å². The van der Waals surface area contributed by atoms with Gasteiger partial charge in [0, 0.05) is 48.6 Å². The van der Waals surface area contributed by atoms with Crippen LogP contribution in [0.15, 0.2) is 23.4 Å². The summed E-state index contributed by atoms with van der Waals surface area (Å²) in [6.07, 6.45) is 0.680. The number of nitro groups is 1. The van der Waals surface area contributed by atoms with Crippen LogP contribution in [0.3, 0.4) is 0 Å². The number of nitro benzene ring substituents is 1. The molecule has 1 N–H and O–H groups in total. The molecular formula is C13H16ClN3O3. The maximum Gasteiger partial charge on any atom is 0.275 e. The van der Waals surface area contributed by atoms with Crippen LogP contribution in [0.5, 0.6) is 0 Å². The number of likely N-dealkylation sites (tertiary alicyclic amines) is 1. The second kappa shape index (κ2) is 6.19. The van der Waals surface area contributed by atoms with E-state index in [1.165, 1.54) is 6.07 Å². The summed E-state index contributed by atoms with van der Waals surface area (Å²) in [6.45, 7) is 3.93. The molecule has 1 heterocycles. The molecule has 1 fully saturated rings. The highest BCUT2D eigenvalue weighted by atomic mass is 35.5. The van der Waals surface area contributed by atoms with E-state index >= 15 is 0 Å². The minimum absolute atomic E-state index is 0.0479. The Labute approximate surface area is 121 Å². The molecule has 0 spiro atoms. The van der Waals surface area contributed by atoms with Crippen LogP contribution >= 0.6 is 11.6 Å². The van der Waals surface area contributed by atoms with Crippen molar-refractivity contribution in [3.8, 4) is 0 Å². The number of nitrogens with zero attached hydrogens (tertiary/aromatic N) is 3. The molecule has 7 heteroatoms. The lowest BCUT2D eigenvalue weighted by Gasteiger charge is -2.31. The van der Waals surface area contributed by atoms with Gasteiger partial charge >= 0.3 is 0 Å². The Balaban J connectivity index is 2.13. The Morgan fingerprint density at radius 2 is 2.35 bits per heavy atom. The first-order chi connectivity index (χ1) is 9.51. The Hall–Kier alpha value is -1.66. The minimum atomic E-state index is -0.408. The summed E-state index contributed by atoms with van der Waals surface area (Å²) >= 11 is 5.80. The van der Waals surface area contributed by atoms with Crippen molar-refractivity contribution in [2.45, 2.75) is 19.9 Å². The van der Waals surface area contributed by atoms with Crippen LogP contribution in [0, 0.1) is 16.0 Å². The van der Waals surface area contributed by atoms with Crippen molar-refractivity contribution in [1.82, 2.24) is 4.90 Å². The zero-order valence-corrected chi connectivity index (χ0v) is 11.9. The van der Waals surface area contributed by atoms with Gasteiger partial charge in [-0.05, 0) is 12.1 Å². The topological polar surface area (TPSA) is 79.0 Å². The van der Waals surface area contributed by atoms with Crippen LogP contribution in [-0.4, -0.2) is 33.8 Å². The molecular weight excluding hydrogens is 282 g/mol. The standard InChI is InChI=1S/C13H16ClN3O3/c1-9-7-16(5-4-12(9)15-18)8-10-2-3-11(14)6-13(10)17(19)20/h2-3,6,9,18H,4-5,7-8H2,1H3/b15-12+. The molecule has 1 atom stereocenters. The fourth-order valence-corrected chi connectivity index (χ4v) is 2.64. The Bertz CT molecular complexity index is 548. The number of hydrogen-bond acceptors (Lipinski definition) is 5. The van der Waals surface area contributed by atoms with E-state index in [9.17, 15) is 10.1 Å². The summed E-state index contributed by atoms with van der Waals surface area (Å²) in [5.41, 5.74) is 1.48. The molecule has 1 aliphatic rings. The molecule has 1 aromatic carbocycles. The number of hydrogen-bond donors (Lipinski definition) is 1. The van der Waals surface area contributed by atoms with Gasteiger partial charge < -0.3 is 5.21 Å². The van der Waals surface area contributed by atoms with Crippen LogP contribution in [0.2, 0.25) is 5.02 Å². The second-order valence-electron chi connectivity index (χ2n) is 5.01. The third kappa shape index (κ3) is 3.26. The molecule has 2 rings (SSSR count). The van der Waals surface area contributed by atoms with Crippen LogP contribution < -0.4 is 0 Å². The first-order valence-corrected chi connectivity index (χ1v) is 6.75. The number of rotatable bonds is 3. The third-order valence-electron chi connectivity index (χ3n) is 3.55. The summed E-state index contributed by atoms with van der Waals surface area (Å²) in [5.74, 6) is 0.153. The maximum absolute atomic E-state index is 11.1. The molecule has 108 valence electrons. The van der Waals surface area contributed by atoms with Crippen molar-refractivity contribution in [2.24, 2.45) is 11.1 Å². The summed E-state index contributed by atoms with van der Waals surface area (Å²) in [7, 11) is 0. The van der Waals surface area contributed by atoms with Crippen molar-refractivity contribution >= 4 is 23.0 Å². The Morgan fingerprint density at radius 1 is 1.60 bits per heavy atom. The first kappa shape index (κ1) is 14.7. The highest BCUT2D eigenvalue weighted by Crippen LogP contribution is 2.26. The molecule has 0 saturated carbocycles. The van der Waals surface area contributed by atoms with Crippen LogP contribution in [0.4, 0.5) is 5.69 Å². The summed E-state index contributed by atoms with van der Waals surface area (Å²) in [6, 6.07) is 4.74. The lowest BCUT2D eigenvalue weighted by molar-refractivity contribution is -0.385. The van der Waals surface area contributed by atoms with E-state index in [0.29, 0.717) is 23.6 Å². The average Bonchev–Trinajstić information content (AvgIpc) is 2.41. The highest BCUT2D eigenvalue weighted by Gasteiger charge is 2.24. The van der Waals surface area contributed by atoms with Gasteiger partial charge in [0.1, 0.15) is 0 Å². The number of halogens is 1. The molecule has 0 amide bonds. The summed E-state index contributed by atoms with van der Waals surface area (Å²) in [4.78, 5) is 12.8. The number of benzene rings is 1. The Morgan fingerprint density at radius 3 is 2.95 bits per heavy atom. The molecule has 0 radical (unpaired) electrons. The highest BCUT2D eigenvalue weighted by molar-refractivity contribution is 6.30. The van der Waals surface area contributed by atoms with E-state index in [1.54, 1.807) is 12.1 Å². The number of oxime groups is 1. The predicted molar refractivity (Wildman–Crippen MR) is 76.4 cm³/mol. The monoisotopic (exact) mass is 297 g/mol. The van der Waals surface area contributed by atoms with Crippen LogP contribution in [0.1, 0.15) is 18.9 Å². The van der Waals surface area contributed by atoms with Crippen LogP contribution in [0.25, 0.3) is 0 Å². The smallest absolute Gasteiger partial charge is 0.275 e. The fraction of sp³-hybridized carbons (Fsp3) is 0.462. The maximum atomic E-state index is 11.1. The minimum Gasteiger partial charge on any atom is -0.411 e. The van der Waals surface area contributed by atoms with Gasteiger partial charge in [-0.15, -0.1) is 0 Å². The molecule has 0 aliphatic carbocycles. The molecule has 6 nitrogen and oxygen atoms in total. The molecule has 1 saturated heterocycles. The fourth-order valence-electron chi connectivity index (χ4n) is 2.48. The quantitative estimate of drug-likeness (QED) is 0.528. The third-order valence-corrected chi connectivity index (χ3v) is 3.79. The molecule has 20 heavy (non-hydrogen) atoms. The van der Waals surface area contributed by atoms with Crippen molar-refractivity contribution < 1.29 is 10.1 Å². The van der Waals surface area contributed by atoms with Crippen molar-refractivity contribution in [1.29, 1.82) is 0 Å². The second-order valence-corrected chi connectivity index (χ2v) is 5.44. The van der Waals surface area contributed by atoms with Crippen molar-refractivity contribution in [3.05, 3.63) is 38.9 Å². The SMILES string of the molecule is CC1CN(Cc2ccc(Cl)cc2[N+](=O)[O-])CC/C1=N\O. The average molecular weight is 298 g/mol. The largest absolute Gasteiger partial charge is 0.411 e. The molecule has 1 unspecified atom stereocenters. The first-order valence-electron chi connectivity index (χ1n) is 6.37. The molecule has 1 aliphatic heterocycles. The normalized spacial score (nSPS) is 22.1. The van der Waals surface area contributed by atoms with E-state index in [1.807, 2.05) is 6.92 Å². The van der Waals surface area contributed by atoms with E-state index < -0.39 is 4.92 Å². The summed E-state index contributed by atoms with van der Waals surface area (Å²) < 4.78 is 0. The van der Waals surface area contributed by atoms with E-state index in [4.69, 9.17) is 16.8 Å². The van der Waals surface area contributed by atoms with E-state index in [0.717, 1.165) is 18.8 Å². The molecule has 1 aromatic rings. The Kier molecular flexibility index (Phi) is 4.57. The van der Waals surface area contributed by atoms with Gasteiger partial charge in [0.25, 0.3) is 5.69 Å². The zero-order valence-electron chi connectivity index (χ0n) is 11.1. The van der Waals surface area contributed by atoms with E-state index in [2.05, 4.69) is 10.1 Å². The summed E-state index contributed by atoms with van der Waals surface area (Å²) in [5, 5.41) is 23.6. The lowest BCUT2D eigenvalue weighted by atomic mass is 9.97. The van der Waals surface area contributed by atoms with Gasteiger partial charge in [-0.1, -0.05) is 23.7 Å². The molecule has 0 bridgehead atoms. The van der Waals surface area contributed by atoms with Gasteiger partial charge in [-0.3, -0.25) is 15.0 Å².